The second-order valence-corrected chi connectivity index (χ2v) is 5.08. The second-order valence-electron chi connectivity index (χ2n) is 5.08. The number of nitrogens with zero attached hydrogens (tertiary/aromatic N) is 1. The summed E-state index contributed by atoms with van der Waals surface area (Å²) in [5.74, 6) is 0.757. The lowest BCUT2D eigenvalue weighted by Crippen LogP contribution is -2.05. The highest BCUT2D eigenvalue weighted by Crippen LogP contribution is 2.25. The van der Waals surface area contributed by atoms with E-state index in [9.17, 15) is 4.79 Å². The summed E-state index contributed by atoms with van der Waals surface area (Å²) in [6.07, 6.45) is 1.74. The topological polar surface area (TPSA) is 55.0 Å². The number of ether oxygens (including phenoxy) is 1. The minimum absolute atomic E-state index is 0.0205. The number of aryl methyl sites for hydroxylation is 2. The Morgan fingerprint density at radius 1 is 1.14 bits per heavy atom. The van der Waals surface area contributed by atoms with Crippen LogP contribution in [-0.4, -0.2) is 17.1 Å². The van der Waals surface area contributed by atoms with Gasteiger partial charge in [-0.3, -0.25) is 9.78 Å². The van der Waals surface area contributed by atoms with Crippen molar-refractivity contribution in [2.75, 3.05) is 7.11 Å². The molecule has 3 aromatic rings. The van der Waals surface area contributed by atoms with Gasteiger partial charge in [0.25, 0.3) is 0 Å². The maximum absolute atomic E-state index is 12.3. The molecule has 0 amide bonds. The number of benzene rings is 1. The van der Waals surface area contributed by atoms with Crippen LogP contribution >= 0.6 is 0 Å². The van der Waals surface area contributed by atoms with E-state index in [4.69, 9.17) is 4.74 Å². The Labute approximate surface area is 122 Å². The minimum atomic E-state index is -0.0205. The van der Waals surface area contributed by atoms with Crippen LogP contribution in [0, 0.1) is 13.8 Å². The molecule has 0 unspecified atom stereocenters. The Balaban J connectivity index is 2.31. The molecule has 4 nitrogen and oxygen atoms in total. The third-order valence-electron chi connectivity index (χ3n) is 3.63. The normalized spacial score (nSPS) is 10.8. The third-order valence-corrected chi connectivity index (χ3v) is 3.63. The molecule has 0 radical (unpaired) electrons. The summed E-state index contributed by atoms with van der Waals surface area (Å²) in [6.45, 7) is 3.93. The molecular weight excluding hydrogens is 264 g/mol. The average molecular weight is 280 g/mol. The first-order valence-corrected chi connectivity index (χ1v) is 6.74. The number of H-pyrrole nitrogens is 1. The van der Waals surface area contributed by atoms with Gasteiger partial charge >= 0.3 is 0 Å². The van der Waals surface area contributed by atoms with E-state index in [0.29, 0.717) is 11.1 Å². The van der Waals surface area contributed by atoms with E-state index in [-0.39, 0.29) is 5.43 Å². The Hall–Kier alpha value is -2.62. The van der Waals surface area contributed by atoms with E-state index < -0.39 is 0 Å². The van der Waals surface area contributed by atoms with Crippen LogP contribution in [0.15, 0.2) is 41.3 Å². The van der Waals surface area contributed by atoms with Crippen molar-refractivity contribution in [2.24, 2.45) is 0 Å². The van der Waals surface area contributed by atoms with Crippen molar-refractivity contribution in [2.45, 2.75) is 13.8 Å². The fourth-order valence-corrected chi connectivity index (χ4v) is 2.48. The lowest BCUT2D eigenvalue weighted by Gasteiger charge is -2.10. The van der Waals surface area contributed by atoms with Gasteiger partial charge in [0.2, 0.25) is 0 Å². The molecule has 0 atom stereocenters. The van der Waals surface area contributed by atoms with Crippen LogP contribution in [0.4, 0.5) is 0 Å². The molecule has 2 heterocycles. The number of aromatic amines is 1. The molecular formula is C17H16N2O2. The summed E-state index contributed by atoms with van der Waals surface area (Å²) < 4.78 is 5.32. The summed E-state index contributed by atoms with van der Waals surface area (Å²) in [6, 6.07) is 9.07. The van der Waals surface area contributed by atoms with Crippen molar-refractivity contribution >= 4 is 10.9 Å². The first-order chi connectivity index (χ1) is 10.1. The first-order valence-electron chi connectivity index (χ1n) is 6.74. The molecule has 0 saturated heterocycles. The van der Waals surface area contributed by atoms with E-state index in [1.807, 2.05) is 32.0 Å². The van der Waals surface area contributed by atoms with Crippen molar-refractivity contribution in [3.8, 4) is 17.1 Å². The number of hydrogen-bond donors (Lipinski definition) is 1. The molecule has 0 spiro atoms. The van der Waals surface area contributed by atoms with Crippen LogP contribution in [0.3, 0.4) is 0 Å². The zero-order valence-electron chi connectivity index (χ0n) is 12.2. The smallest absolute Gasteiger partial charge is 0.190 e. The molecule has 106 valence electrons. The number of pyridine rings is 2. The molecule has 21 heavy (non-hydrogen) atoms. The molecule has 4 heteroatoms. The van der Waals surface area contributed by atoms with Gasteiger partial charge < -0.3 is 9.72 Å². The van der Waals surface area contributed by atoms with Crippen LogP contribution in [0.2, 0.25) is 0 Å². The summed E-state index contributed by atoms with van der Waals surface area (Å²) in [5.41, 5.74) is 4.27. The number of hydrogen-bond acceptors (Lipinski definition) is 3. The Morgan fingerprint density at radius 2 is 1.95 bits per heavy atom. The number of aromatic nitrogens is 2. The van der Waals surface area contributed by atoms with Gasteiger partial charge in [-0.15, -0.1) is 0 Å². The van der Waals surface area contributed by atoms with Gasteiger partial charge in [-0.1, -0.05) is 0 Å². The lowest BCUT2D eigenvalue weighted by atomic mass is 10.1. The van der Waals surface area contributed by atoms with Crippen molar-refractivity contribution in [1.82, 2.24) is 9.97 Å². The highest BCUT2D eigenvalue weighted by atomic mass is 16.5. The lowest BCUT2D eigenvalue weighted by molar-refractivity contribution is 0.412. The monoisotopic (exact) mass is 280 g/mol. The van der Waals surface area contributed by atoms with Crippen LogP contribution < -0.4 is 10.2 Å². The average Bonchev–Trinajstić information content (AvgIpc) is 2.48. The van der Waals surface area contributed by atoms with Gasteiger partial charge in [-0.05, 0) is 43.7 Å². The first kappa shape index (κ1) is 13.4. The molecule has 0 bridgehead atoms. The van der Waals surface area contributed by atoms with Crippen molar-refractivity contribution in [1.29, 1.82) is 0 Å². The molecule has 0 aliphatic carbocycles. The molecule has 1 aromatic carbocycles. The van der Waals surface area contributed by atoms with Gasteiger partial charge in [0.1, 0.15) is 5.75 Å². The molecule has 1 N–H and O–H groups in total. The predicted molar refractivity (Wildman–Crippen MR) is 83.8 cm³/mol. The molecule has 0 fully saturated rings. The number of fused-ring (bicyclic) bond motifs is 1. The Kier molecular flexibility index (Phi) is 3.22. The summed E-state index contributed by atoms with van der Waals surface area (Å²) in [4.78, 5) is 20.0. The molecule has 0 aliphatic rings. The number of nitrogens with one attached hydrogen (secondary N) is 1. The van der Waals surface area contributed by atoms with Crippen molar-refractivity contribution < 1.29 is 4.74 Å². The van der Waals surface area contributed by atoms with E-state index in [1.54, 1.807) is 25.4 Å². The zero-order chi connectivity index (χ0) is 15.0. The number of methoxy groups -OCH3 is 1. The molecule has 0 saturated carbocycles. The maximum atomic E-state index is 12.3. The fourth-order valence-electron chi connectivity index (χ4n) is 2.48. The Morgan fingerprint density at radius 3 is 2.67 bits per heavy atom. The minimum Gasteiger partial charge on any atom is -0.496 e. The van der Waals surface area contributed by atoms with Gasteiger partial charge in [0.05, 0.1) is 24.0 Å². The number of rotatable bonds is 2. The van der Waals surface area contributed by atoms with Gasteiger partial charge in [0, 0.05) is 23.2 Å². The van der Waals surface area contributed by atoms with Gasteiger partial charge in [0.15, 0.2) is 5.43 Å². The second kappa shape index (κ2) is 5.05. The molecule has 2 aromatic heterocycles. The zero-order valence-corrected chi connectivity index (χ0v) is 12.2. The largest absolute Gasteiger partial charge is 0.496 e. The SMILES string of the molecule is COc1ccc2c(=O)cc(-c3cc(C)ccn3)[nH]c2c1C. The quantitative estimate of drug-likeness (QED) is 0.784. The van der Waals surface area contributed by atoms with Crippen LogP contribution in [0.1, 0.15) is 11.1 Å². The van der Waals surface area contributed by atoms with Crippen LogP contribution in [0.5, 0.6) is 5.75 Å². The predicted octanol–water partition coefficient (Wildman–Crippen LogP) is 3.22. The van der Waals surface area contributed by atoms with E-state index in [1.165, 1.54) is 0 Å². The Bertz CT molecular complexity index is 882. The van der Waals surface area contributed by atoms with E-state index in [0.717, 1.165) is 28.1 Å². The van der Waals surface area contributed by atoms with Crippen molar-refractivity contribution in [3.63, 3.8) is 0 Å². The summed E-state index contributed by atoms with van der Waals surface area (Å²) in [5, 5.41) is 0.657. The third kappa shape index (κ3) is 2.29. The summed E-state index contributed by atoms with van der Waals surface area (Å²) >= 11 is 0. The highest BCUT2D eigenvalue weighted by molar-refractivity contribution is 5.85. The highest BCUT2D eigenvalue weighted by Gasteiger charge is 2.10. The van der Waals surface area contributed by atoms with Crippen LogP contribution in [-0.2, 0) is 0 Å². The van der Waals surface area contributed by atoms with Crippen molar-refractivity contribution in [3.05, 3.63) is 57.9 Å². The summed E-state index contributed by atoms with van der Waals surface area (Å²) in [7, 11) is 1.62. The van der Waals surface area contributed by atoms with Gasteiger partial charge in [-0.2, -0.15) is 0 Å². The van der Waals surface area contributed by atoms with E-state index in [2.05, 4.69) is 9.97 Å². The van der Waals surface area contributed by atoms with E-state index >= 15 is 0 Å². The van der Waals surface area contributed by atoms with Gasteiger partial charge in [-0.25, -0.2) is 0 Å². The molecule has 0 aliphatic heterocycles. The maximum Gasteiger partial charge on any atom is 0.190 e. The van der Waals surface area contributed by atoms with Crippen LogP contribution in [0.25, 0.3) is 22.3 Å². The standard InChI is InChI=1S/C17H16N2O2/c1-10-6-7-18-13(8-10)14-9-15(20)12-4-5-16(21-3)11(2)17(12)19-14/h4-9H,1-3H3,(H,19,20). The molecule has 3 rings (SSSR count). The fraction of sp³-hybridized carbons (Fsp3) is 0.176.